The van der Waals surface area contributed by atoms with Crippen LogP contribution >= 0.6 is 11.8 Å². The van der Waals surface area contributed by atoms with E-state index in [9.17, 15) is 9.59 Å². The molecular weight excluding hydrogens is 264 g/mol. The molecule has 2 aromatic rings. The molecule has 0 aromatic heterocycles. The van der Waals surface area contributed by atoms with Crippen molar-refractivity contribution < 1.29 is 19.8 Å². The lowest BCUT2D eigenvalue weighted by Gasteiger charge is -2.05. The van der Waals surface area contributed by atoms with E-state index in [1.165, 1.54) is 23.9 Å². The summed E-state index contributed by atoms with van der Waals surface area (Å²) in [6, 6.07) is 13.4. The molecule has 0 heterocycles. The molecule has 0 atom stereocenters. The van der Waals surface area contributed by atoms with Gasteiger partial charge in [0.05, 0.1) is 11.1 Å². The SMILES string of the molecule is O=C(O)c1cc(Sc2ccccc2)cc(C(=O)O)c1. The summed E-state index contributed by atoms with van der Waals surface area (Å²) >= 11 is 1.32. The number of carboxylic acid groups (broad SMARTS) is 2. The Balaban J connectivity index is 2.39. The molecule has 0 saturated heterocycles. The highest BCUT2D eigenvalue weighted by atomic mass is 32.2. The Labute approximate surface area is 113 Å². The molecule has 0 fully saturated rings. The lowest BCUT2D eigenvalue weighted by atomic mass is 10.1. The highest BCUT2D eigenvalue weighted by molar-refractivity contribution is 7.99. The van der Waals surface area contributed by atoms with Gasteiger partial charge in [-0.05, 0) is 30.3 Å². The molecule has 0 unspecified atom stereocenters. The fourth-order valence-electron chi connectivity index (χ4n) is 1.53. The Kier molecular flexibility index (Phi) is 3.87. The van der Waals surface area contributed by atoms with Gasteiger partial charge in [-0.25, -0.2) is 9.59 Å². The van der Waals surface area contributed by atoms with E-state index in [1.54, 1.807) is 0 Å². The number of carboxylic acids is 2. The van der Waals surface area contributed by atoms with Crippen LogP contribution in [0.3, 0.4) is 0 Å². The van der Waals surface area contributed by atoms with Crippen LogP contribution in [-0.4, -0.2) is 22.2 Å². The molecule has 19 heavy (non-hydrogen) atoms. The molecule has 0 bridgehead atoms. The second kappa shape index (κ2) is 5.58. The lowest BCUT2D eigenvalue weighted by Crippen LogP contribution is -2.02. The van der Waals surface area contributed by atoms with Crippen LogP contribution in [0.5, 0.6) is 0 Å². The monoisotopic (exact) mass is 274 g/mol. The van der Waals surface area contributed by atoms with Crippen LogP contribution in [0.2, 0.25) is 0 Å². The van der Waals surface area contributed by atoms with Gasteiger partial charge in [-0.3, -0.25) is 0 Å². The molecule has 0 aliphatic heterocycles. The molecule has 0 saturated carbocycles. The second-order valence-corrected chi connectivity index (χ2v) is 4.92. The minimum Gasteiger partial charge on any atom is -0.478 e. The number of aromatic carboxylic acids is 2. The molecule has 0 spiro atoms. The zero-order valence-corrected chi connectivity index (χ0v) is 10.6. The third-order valence-corrected chi connectivity index (χ3v) is 3.36. The smallest absolute Gasteiger partial charge is 0.335 e. The molecule has 2 aromatic carbocycles. The summed E-state index contributed by atoms with van der Waals surface area (Å²) < 4.78 is 0. The maximum absolute atomic E-state index is 11.0. The van der Waals surface area contributed by atoms with Crippen molar-refractivity contribution in [1.82, 2.24) is 0 Å². The van der Waals surface area contributed by atoms with Crippen molar-refractivity contribution in [2.45, 2.75) is 9.79 Å². The van der Waals surface area contributed by atoms with Gasteiger partial charge >= 0.3 is 11.9 Å². The van der Waals surface area contributed by atoms with E-state index in [0.29, 0.717) is 4.90 Å². The minimum atomic E-state index is -1.14. The largest absolute Gasteiger partial charge is 0.478 e. The fourth-order valence-corrected chi connectivity index (χ4v) is 2.47. The highest BCUT2D eigenvalue weighted by Crippen LogP contribution is 2.29. The summed E-state index contributed by atoms with van der Waals surface area (Å²) in [4.78, 5) is 23.5. The Morgan fingerprint density at radius 3 is 1.79 bits per heavy atom. The standard InChI is InChI=1S/C14H10O4S/c15-13(16)9-6-10(14(17)18)8-12(7-9)19-11-4-2-1-3-5-11/h1-8H,(H,15,16)(H,17,18). The number of hydrogen-bond acceptors (Lipinski definition) is 3. The molecule has 96 valence electrons. The van der Waals surface area contributed by atoms with E-state index in [0.717, 1.165) is 11.0 Å². The van der Waals surface area contributed by atoms with Crippen molar-refractivity contribution in [3.63, 3.8) is 0 Å². The quantitative estimate of drug-likeness (QED) is 0.895. The highest BCUT2D eigenvalue weighted by Gasteiger charge is 2.12. The van der Waals surface area contributed by atoms with Gasteiger partial charge in [0.15, 0.2) is 0 Å². The molecule has 5 heteroatoms. The summed E-state index contributed by atoms with van der Waals surface area (Å²) in [6.45, 7) is 0. The fraction of sp³-hybridized carbons (Fsp3) is 0. The van der Waals surface area contributed by atoms with Crippen molar-refractivity contribution in [1.29, 1.82) is 0 Å². The van der Waals surface area contributed by atoms with Gasteiger partial charge in [0.25, 0.3) is 0 Å². The number of rotatable bonds is 4. The zero-order chi connectivity index (χ0) is 13.8. The van der Waals surface area contributed by atoms with Gasteiger partial charge in [0.2, 0.25) is 0 Å². The Morgan fingerprint density at radius 1 is 0.789 bits per heavy atom. The van der Waals surface area contributed by atoms with E-state index in [-0.39, 0.29) is 11.1 Å². The molecule has 4 nitrogen and oxygen atoms in total. The van der Waals surface area contributed by atoms with Crippen LogP contribution in [0.4, 0.5) is 0 Å². The molecule has 0 aliphatic rings. The summed E-state index contributed by atoms with van der Waals surface area (Å²) in [5.41, 5.74) is -0.0586. The van der Waals surface area contributed by atoms with Gasteiger partial charge in [-0.2, -0.15) is 0 Å². The van der Waals surface area contributed by atoms with Crippen LogP contribution in [0.25, 0.3) is 0 Å². The van der Waals surface area contributed by atoms with Crippen molar-refractivity contribution in [3.05, 3.63) is 59.7 Å². The van der Waals surface area contributed by atoms with Gasteiger partial charge in [0.1, 0.15) is 0 Å². The first-order valence-corrected chi connectivity index (χ1v) is 6.22. The van der Waals surface area contributed by atoms with E-state index >= 15 is 0 Å². The van der Waals surface area contributed by atoms with Crippen molar-refractivity contribution in [3.8, 4) is 0 Å². The van der Waals surface area contributed by atoms with E-state index in [4.69, 9.17) is 10.2 Å². The Bertz CT molecular complexity index is 590. The topological polar surface area (TPSA) is 74.6 Å². The molecule has 2 rings (SSSR count). The van der Waals surface area contributed by atoms with Gasteiger partial charge in [-0.15, -0.1) is 0 Å². The molecular formula is C14H10O4S. The van der Waals surface area contributed by atoms with Gasteiger partial charge < -0.3 is 10.2 Å². The summed E-state index contributed by atoms with van der Waals surface area (Å²) in [6.07, 6.45) is 0. The van der Waals surface area contributed by atoms with Crippen LogP contribution < -0.4 is 0 Å². The maximum Gasteiger partial charge on any atom is 0.335 e. The average Bonchev–Trinajstić information content (AvgIpc) is 2.39. The zero-order valence-electron chi connectivity index (χ0n) is 9.74. The van der Waals surface area contributed by atoms with E-state index < -0.39 is 11.9 Å². The molecule has 0 amide bonds. The van der Waals surface area contributed by atoms with Gasteiger partial charge in [0, 0.05) is 9.79 Å². The van der Waals surface area contributed by atoms with Gasteiger partial charge in [-0.1, -0.05) is 30.0 Å². The predicted molar refractivity (Wildman–Crippen MR) is 70.9 cm³/mol. The first-order valence-electron chi connectivity index (χ1n) is 5.41. The van der Waals surface area contributed by atoms with Crippen LogP contribution in [-0.2, 0) is 0 Å². The summed E-state index contributed by atoms with van der Waals surface area (Å²) in [7, 11) is 0. The predicted octanol–water partition coefficient (Wildman–Crippen LogP) is 3.23. The average molecular weight is 274 g/mol. The van der Waals surface area contributed by atoms with Crippen LogP contribution in [0.15, 0.2) is 58.3 Å². The second-order valence-electron chi connectivity index (χ2n) is 3.77. The Hall–Kier alpha value is -2.27. The minimum absolute atomic E-state index is 0.0293. The maximum atomic E-state index is 11.0. The summed E-state index contributed by atoms with van der Waals surface area (Å²) in [5, 5.41) is 18.0. The number of benzene rings is 2. The molecule has 0 aliphatic carbocycles. The van der Waals surface area contributed by atoms with Crippen molar-refractivity contribution in [2.24, 2.45) is 0 Å². The number of carbonyl (C=O) groups is 2. The first-order chi connectivity index (χ1) is 9.06. The van der Waals surface area contributed by atoms with Crippen LogP contribution in [0.1, 0.15) is 20.7 Å². The van der Waals surface area contributed by atoms with E-state index in [1.807, 2.05) is 30.3 Å². The van der Waals surface area contributed by atoms with Crippen LogP contribution in [0, 0.1) is 0 Å². The third kappa shape index (κ3) is 3.35. The van der Waals surface area contributed by atoms with Crippen molar-refractivity contribution >= 4 is 23.7 Å². The summed E-state index contributed by atoms with van der Waals surface area (Å²) in [5.74, 6) is -2.28. The van der Waals surface area contributed by atoms with E-state index in [2.05, 4.69) is 0 Å². The Morgan fingerprint density at radius 2 is 1.32 bits per heavy atom. The normalized spacial score (nSPS) is 10.1. The number of hydrogen-bond donors (Lipinski definition) is 2. The lowest BCUT2D eigenvalue weighted by molar-refractivity contribution is 0.0696. The first kappa shape index (κ1) is 13.2. The molecule has 0 radical (unpaired) electrons. The van der Waals surface area contributed by atoms with Crippen molar-refractivity contribution in [2.75, 3.05) is 0 Å². The molecule has 2 N–H and O–H groups in total. The third-order valence-electron chi connectivity index (χ3n) is 2.38.